The first-order valence-corrected chi connectivity index (χ1v) is 9.25. The number of aromatic nitrogens is 3. The normalized spacial score (nSPS) is 15.6. The number of carbonyl (C=O) groups excluding carboxylic acids is 1. The molecule has 3 heterocycles. The molecule has 0 N–H and O–H groups in total. The molecule has 0 spiro atoms. The number of halogens is 3. The molecule has 1 atom stereocenters. The van der Waals surface area contributed by atoms with Crippen LogP contribution in [-0.2, 0) is 6.18 Å². The number of carbonyl (C=O) groups is 1. The van der Waals surface area contributed by atoms with E-state index in [1.807, 2.05) is 19.9 Å². The fourth-order valence-electron chi connectivity index (χ4n) is 3.37. The summed E-state index contributed by atoms with van der Waals surface area (Å²) in [5.74, 6) is 5.66. The van der Waals surface area contributed by atoms with Gasteiger partial charge in [0.15, 0.2) is 0 Å². The van der Waals surface area contributed by atoms with Gasteiger partial charge in [-0.15, -0.1) is 0 Å². The molecule has 0 bridgehead atoms. The number of hydrogen-bond donors (Lipinski definition) is 0. The first-order valence-electron chi connectivity index (χ1n) is 9.25. The van der Waals surface area contributed by atoms with Crippen molar-refractivity contribution in [2.24, 2.45) is 0 Å². The molecule has 1 amide bonds. The fourth-order valence-corrected chi connectivity index (χ4v) is 3.37. The van der Waals surface area contributed by atoms with E-state index in [1.165, 1.54) is 17.0 Å². The number of amides is 1. The third-order valence-corrected chi connectivity index (χ3v) is 4.85. The lowest BCUT2D eigenvalue weighted by Crippen LogP contribution is -2.43. The predicted octanol–water partition coefficient (Wildman–Crippen LogP) is 4.34. The van der Waals surface area contributed by atoms with Crippen LogP contribution in [0, 0.1) is 18.8 Å². The predicted molar refractivity (Wildman–Crippen MR) is 115 cm³/mol. The number of alkyl halides is 3. The Hall–Kier alpha value is -3.25. The third kappa shape index (κ3) is 4.44. The van der Waals surface area contributed by atoms with Crippen molar-refractivity contribution >= 4 is 25.1 Å². The molecule has 0 saturated carbocycles. The maximum absolute atomic E-state index is 13.2. The van der Waals surface area contributed by atoms with E-state index in [9.17, 15) is 18.0 Å². The number of anilines is 1. The zero-order chi connectivity index (χ0) is 21.5. The van der Waals surface area contributed by atoms with Crippen molar-refractivity contribution in [2.45, 2.75) is 26.1 Å². The lowest BCUT2D eigenvalue weighted by molar-refractivity contribution is -0.137. The first-order chi connectivity index (χ1) is 14.2. The Balaban J connectivity index is 0.00000272. The minimum Gasteiger partial charge on any atom is -0.305 e. The maximum Gasteiger partial charge on any atom is 0.416 e. The number of fused-ring (bicyclic) bond motifs is 1. The summed E-state index contributed by atoms with van der Waals surface area (Å²) in [5.41, 5.74) is 2.03. The molecule has 0 aliphatic carbocycles. The maximum atomic E-state index is 13.2. The second kappa shape index (κ2) is 8.47. The smallest absolute Gasteiger partial charge is 0.305 e. The Labute approximate surface area is 184 Å². The molecule has 1 aliphatic heterocycles. The van der Waals surface area contributed by atoms with Crippen LogP contribution in [0.4, 0.5) is 18.9 Å². The number of aryl methyl sites for hydroxylation is 1. The van der Waals surface area contributed by atoms with E-state index in [2.05, 4.69) is 21.9 Å². The highest BCUT2D eigenvalue weighted by atomic mass is 32.1. The van der Waals surface area contributed by atoms with Crippen LogP contribution in [0.25, 0.3) is 0 Å². The molecule has 0 fully saturated rings. The largest absolute Gasteiger partial charge is 0.416 e. The monoisotopic (exact) mass is 444 g/mol. The molecule has 31 heavy (non-hydrogen) atoms. The van der Waals surface area contributed by atoms with Crippen LogP contribution in [0.1, 0.15) is 45.8 Å². The molecular formula is C22H19F3N4OS. The lowest BCUT2D eigenvalue weighted by Gasteiger charge is -2.32. The van der Waals surface area contributed by atoms with Gasteiger partial charge in [0.1, 0.15) is 5.69 Å². The van der Waals surface area contributed by atoms with Crippen LogP contribution < -0.4 is 4.90 Å². The highest BCUT2D eigenvalue weighted by Gasteiger charge is 2.34. The Morgan fingerprint density at radius 3 is 2.48 bits per heavy atom. The second-order valence-electron chi connectivity index (χ2n) is 7.10. The summed E-state index contributed by atoms with van der Waals surface area (Å²) in [7, 11) is 0. The van der Waals surface area contributed by atoms with Crippen LogP contribution in [0.15, 0.2) is 48.8 Å². The summed E-state index contributed by atoms with van der Waals surface area (Å²) in [4.78, 5) is 18.7. The zero-order valence-corrected chi connectivity index (χ0v) is 17.7. The van der Waals surface area contributed by atoms with Gasteiger partial charge in [0.25, 0.3) is 5.91 Å². The van der Waals surface area contributed by atoms with E-state index in [-0.39, 0.29) is 25.4 Å². The minimum absolute atomic E-state index is 0. The molecule has 0 radical (unpaired) electrons. The van der Waals surface area contributed by atoms with E-state index in [0.29, 0.717) is 23.5 Å². The number of hydrogen-bond acceptors (Lipinski definition) is 3. The van der Waals surface area contributed by atoms with Gasteiger partial charge in [0, 0.05) is 29.7 Å². The van der Waals surface area contributed by atoms with Crippen molar-refractivity contribution in [3.05, 3.63) is 76.9 Å². The highest BCUT2D eigenvalue weighted by molar-refractivity contribution is 7.59. The molecule has 3 aromatic rings. The van der Waals surface area contributed by atoms with Crippen molar-refractivity contribution in [3.63, 3.8) is 0 Å². The van der Waals surface area contributed by atoms with Crippen molar-refractivity contribution in [3.8, 4) is 11.8 Å². The second-order valence-corrected chi connectivity index (χ2v) is 7.10. The minimum atomic E-state index is -4.43. The van der Waals surface area contributed by atoms with Crippen molar-refractivity contribution in [1.29, 1.82) is 0 Å². The van der Waals surface area contributed by atoms with Crippen LogP contribution in [0.3, 0.4) is 0 Å². The summed E-state index contributed by atoms with van der Waals surface area (Å²) in [5, 5.41) is 4.30. The zero-order valence-electron chi connectivity index (χ0n) is 16.7. The summed E-state index contributed by atoms with van der Waals surface area (Å²) >= 11 is 0. The summed E-state index contributed by atoms with van der Waals surface area (Å²) in [6.45, 7) is 4.05. The molecule has 0 unspecified atom stereocenters. The number of nitrogens with zero attached hydrogens (tertiary/aromatic N) is 4. The van der Waals surface area contributed by atoms with Gasteiger partial charge in [-0.1, -0.05) is 11.8 Å². The highest BCUT2D eigenvalue weighted by Crippen LogP contribution is 2.32. The van der Waals surface area contributed by atoms with E-state index in [4.69, 9.17) is 0 Å². The molecule has 4 rings (SSSR count). The van der Waals surface area contributed by atoms with Gasteiger partial charge >= 0.3 is 6.18 Å². The van der Waals surface area contributed by atoms with Crippen LogP contribution in [0.2, 0.25) is 0 Å². The van der Waals surface area contributed by atoms with Gasteiger partial charge in [-0.3, -0.25) is 14.5 Å². The lowest BCUT2D eigenvalue weighted by atomic mass is 10.1. The van der Waals surface area contributed by atoms with Crippen molar-refractivity contribution in [1.82, 2.24) is 14.8 Å². The van der Waals surface area contributed by atoms with Gasteiger partial charge < -0.3 is 4.90 Å². The quantitative estimate of drug-likeness (QED) is 0.525. The van der Waals surface area contributed by atoms with Crippen LogP contribution >= 0.6 is 13.5 Å². The van der Waals surface area contributed by atoms with Gasteiger partial charge in [-0.25, -0.2) is 0 Å². The van der Waals surface area contributed by atoms with E-state index in [0.717, 1.165) is 23.4 Å². The van der Waals surface area contributed by atoms with Gasteiger partial charge in [0.2, 0.25) is 0 Å². The SMILES string of the molecule is Cc1cc(C#Cc2cnn3c2C(=O)N(c2ccc(C(F)(F)F)cc2)C[C@@H]3C)ccn1.S. The number of benzene rings is 1. The van der Waals surface area contributed by atoms with E-state index >= 15 is 0 Å². The molecule has 0 saturated heterocycles. The Bertz CT molecular complexity index is 1180. The summed E-state index contributed by atoms with van der Waals surface area (Å²) < 4.78 is 40.2. The van der Waals surface area contributed by atoms with Crippen LogP contribution in [0.5, 0.6) is 0 Å². The third-order valence-electron chi connectivity index (χ3n) is 4.85. The Morgan fingerprint density at radius 2 is 1.84 bits per heavy atom. The average molecular weight is 444 g/mol. The Morgan fingerprint density at radius 1 is 1.13 bits per heavy atom. The van der Waals surface area contributed by atoms with Crippen LogP contribution in [-0.4, -0.2) is 27.2 Å². The molecule has 5 nitrogen and oxygen atoms in total. The van der Waals surface area contributed by atoms with Crippen molar-refractivity contribution < 1.29 is 18.0 Å². The summed E-state index contributed by atoms with van der Waals surface area (Å²) in [6, 6.07) is 8.03. The topological polar surface area (TPSA) is 51.0 Å². The molecule has 160 valence electrons. The number of pyridine rings is 1. The molecule has 1 aliphatic rings. The summed E-state index contributed by atoms with van der Waals surface area (Å²) in [6.07, 6.45) is -1.22. The standard InChI is InChI=1S/C22H17F3N4O.H2S/c1-14-11-16(9-10-26-14)3-4-17-12-27-29-15(2)13-28(21(30)20(17)29)19-7-5-18(6-8-19)22(23,24)25;/h5-12,15H,13H2,1-2H3;1H2/t15-;/m0./s1. The van der Waals surface area contributed by atoms with Gasteiger partial charge in [-0.2, -0.15) is 31.8 Å². The molecule has 1 aromatic carbocycles. The van der Waals surface area contributed by atoms with Gasteiger partial charge in [0.05, 0.1) is 23.4 Å². The molecule has 9 heteroatoms. The molecular weight excluding hydrogens is 425 g/mol. The fraction of sp³-hybridized carbons (Fsp3) is 0.227. The van der Waals surface area contributed by atoms with Gasteiger partial charge in [-0.05, 0) is 50.2 Å². The van der Waals surface area contributed by atoms with Crippen molar-refractivity contribution in [2.75, 3.05) is 11.4 Å². The number of rotatable bonds is 1. The molecule has 2 aromatic heterocycles. The Kier molecular flexibility index (Phi) is 6.13. The first kappa shape index (κ1) is 22.4. The van der Waals surface area contributed by atoms with E-state index < -0.39 is 11.7 Å². The average Bonchev–Trinajstić information content (AvgIpc) is 3.14. The van der Waals surface area contributed by atoms with E-state index in [1.54, 1.807) is 23.1 Å².